The lowest BCUT2D eigenvalue weighted by molar-refractivity contribution is 0.668. The zero-order valence-corrected chi connectivity index (χ0v) is 40.7. The first-order chi connectivity index (χ1) is 37.6. The van der Waals surface area contributed by atoms with Gasteiger partial charge in [0, 0.05) is 71.2 Å². The first-order valence-corrected chi connectivity index (χ1v) is 25.6. The second kappa shape index (κ2) is 16.6. The molecule has 0 N–H and O–H groups in total. The lowest BCUT2D eigenvalue weighted by atomic mass is 9.94. The lowest BCUT2D eigenvalue weighted by Gasteiger charge is -2.16. The Bertz CT molecular complexity index is 4650. The van der Waals surface area contributed by atoms with Crippen LogP contribution in [-0.2, 0) is 0 Å². The Labute approximate surface area is 434 Å². The highest BCUT2D eigenvalue weighted by Gasteiger charge is 2.21. The van der Waals surface area contributed by atoms with Crippen molar-refractivity contribution in [3.63, 3.8) is 0 Å². The Balaban J connectivity index is 0.963. The third-order valence-electron chi connectivity index (χ3n) is 15.1. The van der Waals surface area contributed by atoms with Crippen molar-refractivity contribution in [1.82, 2.24) is 24.1 Å². The molecule has 11 aromatic carbocycles. The van der Waals surface area contributed by atoms with Gasteiger partial charge in [0.05, 0.1) is 22.1 Å². The molecule has 5 aromatic heterocycles. The average molecular weight is 972 g/mol. The van der Waals surface area contributed by atoms with E-state index in [1.165, 1.54) is 21.5 Å². The van der Waals surface area contributed by atoms with Crippen LogP contribution in [0.15, 0.2) is 258 Å². The molecule has 0 spiro atoms. The number of benzene rings is 11. The molecule has 0 aliphatic rings. The van der Waals surface area contributed by atoms with Crippen LogP contribution >= 0.6 is 0 Å². The summed E-state index contributed by atoms with van der Waals surface area (Å²) in [6, 6.07) is 87.7. The molecule has 0 unspecified atom stereocenters. The second-order valence-corrected chi connectivity index (χ2v) is 19.6. The summed E-state index contributed by atoms with van der Waals surface area (Å²) < 4.78 is 17.4. The van der Waals surface area contributed by atoms with Gasteiger partial charge >= 0.3 is 0 Å². The second-order valence-electron chi connectivity index (χ2n) is 19.6. The molecule has 0 saturated carbocycles. The normalized spacial score (nSPS) is 11.9. The maximum atomic E-state index is 6.32. The Hall–Kier alpha value is -10.4. The summed E-state index contributed by atoms with van der Waals surface area (Å²) >= 11 is 0. The maximum absolute atomic E-state index is 6.32. The molecule has 0 amide bonds. The third kappa shape index (κ3) is 6.66. The molecular formula is C69H41N5O2. The van der Waals surface area contributed by atoms with Gasteiger partial charge in [-0.3, -0.25) is 0 Å². The van der Waals surface area contributed by atoms with Gasteiger partial charge in [-0.15, -0.1) is 0 Å². The minimum Gasteiger partial charge on any atom is -0.456 e. The van der Waals surface area contributed by atoms with Gasteiger partial charge in [0.1, 0.15) is 22.3 Å². The van der Waals surface area contributed by atoms with E-state index in [1.807, 2.05) is 42.5 Å². The van der Waals surface area contributed by atoms with Crippen molar-refractivity contribution in [3.8, 4) is 67.8 Å². The maximum Gasteiger partial charge on any atom is 0.164 e. The molecule has 7 nitrogen and oxygen atoms in total. The first-order valence-electron chi connectivity index (χ1n) is 25.6. The zero-order chi connectivity index (χ0) is 49.8. The highest BCUT2D eigenvalue weighted by Crippen LogP contribution is 2.41. The van der Waals surface area contributed by atoms with E-state index in [1.54, 1.807) is 0 Å². The number of hydrogen-bond acceptors (Lipinski definition) is 5. The summed E-state index contributed by atoms with van der Waals surface area (Å²) in [4.78, 5) is 16.3. The van der Waals surface area contributed by atoms with E-state index in [0.29, 0.717) is 17.5 Å². The van der Waals surface area contributed by atoms with E-state index >= 15 is 0 Å². The van der Waals surface area contributed by atoms with Crippen LogP contribution in [-0.4, -0.2) is 24.1 Å². The Morgan fingerprint density at radius 3 is 1.01 bits per heavy atom. The summed E-state index contributed by atoms with van der Waals surface area (Å²) in [5.74, 6) is 1.68. The molecule has 16 rings (SSSR count). The van der Waals surface area contributed by atoms with Gasteiger partial charge in [-0.25, -0.2) is 15.0 Å². The van der Waals surface area contributed by atoms with E-state index < -0.39 is 0 Å². The molecule has 7 heteroatoms. The zero-order valence-electron chi connectivity index (χ0n) is 40.7. The summed E-state index contributed by atoms with van der Waals surface area (Å²) in [5, 5.41) is 9.01. The van der Waals surface area contributed by atoms with Crippen molar-refractivity contribution in [2.75, 3.05) is 0 Å². The number of para-hydroxylation sites is 6. The van der Waals surface area contributed by atoms with Crippen molar-refractivity contribution in [1.29, 1.82) is 0 Å². The molecule has 0 bridgehead atoms. The number of fused-ring (bicyclic) bond motifs is 12. The number of hydrogen-bond donors (Lipinski definition) is 0. The molecule has 5 heterocycles. The number of nitrogens with zero attached hydrogens (tertiary/aromatic N) is 5. The van der Waals surface area contributed by atoms with Crippen LogP contribution in [0.1, 0.15) is 0 Å². The van der Waals surface area contributed by atoms with E-state index in [0.717, 1.165) is 116 Å². The predicted octanol–water partition coefficient (Wildman–Crippen LogP) is 18.2. The summed E-state index contributed by atoms with van der Waals surface area (Å²) in [5.41, 5.74) is 16.6. The van der Waals surface area contributed by atoms with Crippen molar-refractivity contribution in [2.24, 2.45) is 0 Å². The minimum atomic E-state index is 0.553. The van der Waals surface area contributed by atoms with Gasteiger partial charge in [-0.1, -0.05) is 152 Å². The van der Waals surface area contributed by atoms with E-state index in [2.05, 4.69) is 215 Å². The average Bonchev–Trinajstić information content (AvgIpc) is 4.27. The topological polar surface area (TPSA) is 74.8 Å². The molecule has 0 atom stereocenters. The smallest absolute Gasteiger partial charge is 0.164 e. The van der Waals surface area contributed by atoms with Crippen LogP contribution in [0.25, 0.3) is 155 Å². The van der Waals surface area contributed by atoms with Crippen LogP contribution in [0.5, 0.6) is 0 Å². The Kier molecular flexibility index (Phi) is 9.20. The molecule has 76 heavy (non-hydrogen) atoms. The molecule has 0 radical (unpaired) electrons. The fourth-order valence-electron chi connectivity index (χ4n) is 11.6. The fraction of sp³-hybridized carbons (Fsp3) is 0. The van der Waals surface area contributed by atoms with Gasteiger partial charge in [0.15, 0.2) is 17.5 Å². The third-order valence-corrected chi connectivity index (χ3v) is 15.1. The summed E-state index contributed by atoms with van der Waals surface area (Å²) in [7, 11) is 0. The van der Waals surface area contributed by atoms with E-state index in [9.17, 15) is 0 Å². The van der Waals surface area contributed by atoms with Crippen LogP contribution in [0.4, 0.5) is 0 Å². The van der Waals surface area contributed by atoms with Crippen molar-refractivity contribution in [3.05, 3.63) is 249 Å². The van der Waals surface area contributed by atoms with Crippen LogP contribution < -0.4 is 0 Å². The highest BCUT2D eigenvalue weighted by atomic mass is 16.3. The van der Waals surface area contributed by atoms with Gasteiger partial charge in [-0.2, -0.15) is 0 Å². The standard InChI is InChI=1S/C69H41N5O2/c1-2-16-42(17-3-1)67-70-68(47-35-45(43-30-32-65-57(39-43)55-22-8-14-28-63(55)75-65)34-46(36-47)44-31-33-66-58(40-44)56-23-9-15-29-64(56)76-66)72-69(71-67)48-37-49(73-59-24-10-4-18-51(59)52-19-5-11-25-60(52)73)41-50(38-48)74-61-26-12-6-20-53(61)54-21-7-13-27-62(54)74/h1-41H. The quantitative estimate of drug-likeness (QED) is 0.159. The molecule has 0 saturated heterocycles. The van der Waals surface area contributed by atoms with Crippen LogP contribution in [0.3, 0.4) is 0 Å². The Morgan fingerprint density at radius 1 is 0.224 bits per heavy atom. The van der Waals surface area contributed by atoms with Crippen molar-refractivity contribution >= 4 is 87.5 Å². The number of furan rings is 2. The van der Waals surface area contributed by atoms with Gasteiger partial charge in [0.25, 0.3) is 0 Å². The highest BCUT2D eigenvalue weighted by molar-refractivity contribution is 6.12. The molecule has 16 aromatic rings. The summed E-state index contributed by atoms with van der Waals surface area (Å²) in [6.07, 6.45) is 0. The van der Waals surface area contributed by atoms with Crippen LogP contribution in [0, 0.1) is 0 Å². The van der Waals surface area contributed by atoms with Gasteiger partial charge < -0.3 is 18.0 Å². The molecule has 0 fully saturated rings. The number of rotatable bonds is 7. The molecule has 0 aliphatic heterocycles. The van der Waals surface area contributed by atoms with Gasteiger partial charge in [-0.05, 0) is 119 Å². The largest absolute Gasteiger partial charge is 0.456 e. The van der Waals surface area contributed by atoms with E-state index in [4.69, 9.17) is 23.8 Å². The SMILES string of the molecule is c1ccc(-c2nc(-c3cc(-c4ccc5oc6ccccc6c5c4)cc(-c4ccc5oc6ccccc6c5c4)c3)nc(-c3cc(-n4c5ccccc5c5ccccc54)cc(-n4c5ccccc5c5ccccc54)c3)n2)cc1. The Morgan fingerprint density at radius 2 is 0.566 bits per heavy atom. The van der Waals surface area contributed by atoms with E-state index in [-0.39, 0.29) is 0 Å². The lowest BCUT2D eigenvalue weighted by Crippen LogP contribution is -2.03. The molecule has 0 aliphatic carbocycles. The molecular weight excluding hydrogens is 931 g/mol. The fourth-order valence-corrected chi connectivity index (χ4v) is 11.6. The monoisotopic (exact) mass is 971 g/mol. The first kappa shape index (κ1) is 42.2. The minimum absolute atomic E-state index is 0.553. The predicted molar refractivity (Wildman–Crippen MR) is 310 cm³/mol. The van der Waals surface area contributed by atoms with Crippen molar-refractivity contribution < 1.29 is 8.83 Å². The van der Waals surface area contributed by atoms with Gasteiger partial charge in [0.2, 0.25) is 0 Å². The number of aromatic nitrogens is 5. The van der Waals surface area contributed by atoms with Crippen LogP contribution in [0.2, 0.25) is 0 Å². The molecule has 354 valence electrons. The summed E-state index contributed by atoms with van der Waals surface area (Å²) in [6.45, 7) is 0. The van der Waals surface area contributed by atoms with Crippen molar-refractivity contribution in [2.45, 2.75) is 0 Å².